The molecule has 2 heterocycles. The van der Waals surface area contributed by atoms with E-state index in [0.29, 0.717) is 10.2 Å². The highest BCUT2D eigenvalue weighted by atomic mass is 79.9. The summed E-state index contributed by atoms with van der Waals surface area (Å²) in [6, 6.07) is -0.116. The molecule has 0 radical (unpaired) electrons. The third-order valence-electron chi connectivity index (χ3n) is 3.34. The molecule has 2 rings (SSSR count). The molecule has 1 amide bonds. The van der Waals surface area contributed by atoms with Crippen LogP contribution in [0.1, 0.15) is 41.6 Å². The Labute approximate surface area is 126 Å². The quantitative estimate of drug-likeness (QED) is 0.928. The molecule has 1 atom stereocenters. The Morgan fingerprint density at radius 2 is 2.25 bits per heavy atom. The summed E-state index contributed by atoms with van der Waals surface area (Å²) < 4.78 is 4.21. The van der Waals surface area contributed by atoms with E-state index in [0.717, 1.165) is 17.8 Å². The van der Waals surface area contributed by atoms with Crippen LogP contribution in [-0.4, -0.2) is 25.5 Å². The SMILES string of the molecule is CCn1cc(Br)c(C(=O)NC(C)c2cnn(C)c2C)n1. The van der Waals surface area contributed by atoms with Crippen molar-refractivity contribution in [1.29, 1.82) is 0 Å². The molecular formula is C13H18BrN5O. The Bertz CT molecular complexity index is 631. The molecule has 20 heavy (non-hydrogen) atoms. The molecule has 2 aromatic rings. The Kier molecular flexibility index (Phi) is 4.27. The average Bonchev–Trinajstić information content (AvgIpc) is 2.94. The maximum absolute atomic E-state index is 12.3. The summed E-state index contributed by atoms with van der Waals surface area (Å²) in [6.07, 6.45) is 3.58. The van der Waals surface area contributed by atoms with Gasteiger partial charge in [0, 0.05) is 31.0 Å². The first-order valence-electron chi connectivity index (χ1n) is 6.46. The lowest BCUT2D eigenvalue weighted by Crippen LogP contribution is -2.27. The van der Waals surface area contributed by atoms with E-state index in [1.807, 2.05) is 27.8 Å². The second-order valence-corrected chi connectivity index (χ2v) is 5.54. The van der Waals surface area contributed by atoms with Crippen molar-refractivity contribution in [2.24, 2.45) is 7.05 Å². The second-order valence-electron chi connectivity index (χ2n) is 4.69. The van der Waals surface area contributed by atoms with Gasteiger partial charge in [0.1, 0.15) is 0 Å². The van der Waals surface area contributed by atoms with Crippen LogP contribution in [0.2, 0.25) is 0 Å². The van der Waals surface area contributed by atoms with Crippen molar-refractivity contribution >= 4 is 21.8 Å². The third-order valence-corrected chi connectivity index (χ3v) is 3.92. The van der Waals surface area contributed by atoms with Gasteiger partial charge in [-0.15, -0.1) is 0 Å². The zero-order valence-corrected chi connectivity index (χ0v) is 13.6. The Balaban J connectivity index is 2.15. The smallest absolute Gasteiger partial charge is 0.273 e. The molecule has 0 fully saturated rings. The topological polar surface area (TPSA) is 64.7 Å². The summed E-state index contributed by atoms with van der Waals surface area (Å²) in [4.78, 5) is 12.3. The molecule has 0 spiro atoms. The molecule has 2 aromatic heterocycles. The van der Waals surface area contributed by atoms with Gasteiger partial charge in [-0.25, -0.2) is 0 Å². The molecule has 0 saturated heterocycles. The minimum Gasteiger partial charge on any atom is -0.344 e. The van der Waals surface area contributed by atoms with Crippen LogP contribution in [0, 0.1) is 6.92 Å². The number of hydrogen-bond donors (Lipinski definition) is 1. The number of aryl methyl sites for hydroxylation is 2. The van der Waals surface area contributed by atoms with Crippen LogP contribution in [0.15, 0.2) is 16.9 Å². The van der Waals surface area contributed by atoms with E-state index in [4.69, 9.17) is 0 Å². The molecule has 1 N–H and O–H groups in total. The van der Waals surface area contributed by atoms with Gasteiger partial charge in [-0.1, -0.05) is 0 Å². The number of nitrogens with one attached hydrogen (secondary N) is 1. The predicted molar refractivity (Wildman–Crippen MR) is 79.4 cm³/mol. The van der Waals surface area contributed by atoms with Crippen LogP contribution in [0.5, 0.6) is 0 Å². The van der Waals surface area contributed by atoms with Gasteiger partial charge in [0.15, 0.2) is 5.69 Å². The number of carbonyl (C=O) groups excluding carboxylic acids is 1. The van der Waals surface area contributed by atoms with Crippen LogP contribution in [0.25, 0.3) is 0 Å². The van der Waals surface area contributed by atoms with Crippen molar-refractivity contribution in [2.45, 2.75) is 33.4 Å². The number of carbonyl (C=O) groups is 1. The standard InChI is InChI=1S/C13H18BrN5O/c1-5-19-7-11(14)12(17-19)13(20)16-8(2)10-6-15-18(4)9(10)3/h6-8H,5H2,1-4H3,(H,16,20). The summed E-state index contributed by atoms with van der Waals surface area (Å²) in [5.41, 5.74) is 2.45. The summed E-state index contributed by atoms with van der Waals surface area (Å²) in [7, 11) is 1.88. The molecule has 0 aliphatic rings. The normalized spacial score (nSPS) is 12.4. The Hall–Kier alpha value is -1.63. The lowest BCUT2D eigenvalue weighted by molar-refractivity contribution is 0.0933. The van der Waals surface area contributed by atoms with Crippen molar-refractivity contribution < 1.29 is 4.79 Å². The van der Waals surface area contributed by atoms with Crippen LogP contribution in [-0.2, 0) is 13.6 Å². The van der Waals surface area contributed by atoms with Gasteiger partial charge >= 0.3 is 0 Å². The minimum absolute atomic E-state index is 0.116. The van der Waals surface area contributed by atoms with Crippen LogP contribution < -0.4 is 5.32 Å². The summed E-state index contributed by atoms with van der Waals surface area (Å²) in [5, 5.41) is 11.4. The molecule has 0 saturated carbocycles. The molecule has 0 aromatic carbocycles. The largest absolute Gasteiger partial charge is 0.344 e. The van der Waals surface area contributed by atoms with Gasteiger partial charge in [0.2, 0.25) is 0 Å². The summed E-state index contributed by atoms with van der Waals surface area (Å²) in [5.74, 6) is -0.195. The molecule has 108 valence electrons. The zero-order chi connectivity index (χ0) is 14.9. The average molecular weight is 340 g/mol. The molecule has 6 nitrogen and oxygen atoms in total. The zero-order valence-electron chi connectivity index (χ0n) is 12.0. The van der Waals surface area contributed by atoms with E-state index < -0.39 is 0 Å². The van der Waals surface area contributed by atoms with Gasteiger partial charge in [0.25, 0.3) is 5.91 Å². The molecule has 0 aliphatic carbocycles. The maximum atomic E-state index is 12.3. The van der Waals surface area contributed by atoms with Crippen molar-refractivity contribution in [1.82, 2.24) is 24.9 Å². The van der Waals surface area contributed by atoms with E-state index in [1.165, 1.54) is 0 Å². The van der Waals surface area contributed by atoms with Crippen molar-refractivity contribution in [3.05, 3.63) is 33.8 Å². The van der Waals surface area contributed by atoms with E-state index in [2.05, 4.69) is 31.4 Å². The number of nitrogens with zero attached hydrogens (tertiary/aromatic N) is 4. The molecule has 1 unspecified atom stereocenters. The van der Waals surface area contributed by atoms with Gasteiger partial charge in [-0.3, -0.25) is 14.2 Å². The van der Waals surface area contributed by atoms with Crippen molar-refractivity contribution in [3.8, 4) is 0 Å². The first-order chi connectivity index (χ1) is 9.43. The number of rotatable bonds is 4. The van der Waals surface area contributed by atoms with E-state index in [1.54, 1.807) is 21.8 Å². The Morgan fingerprint density at radius 3 is 2.75 bits per heavy atom. The lowest BCUT2D eigenvalue weighted by atomic mass is 10.1. The number of hydrogen-bond acceptors (Lipinski definition) is 3. The highest BCUT2D eigenvalue weighted by molar-refractivity contribution is 9.10. The second kappa shape index (κ2) is 5.78. The predicted octanol–water partition coefficient (Wildman–Crippen LogP) is 2.20. The monoisotopic (exact) mass is 339 g/mol. The molecule has 7 heteroatoms. The van der Waals surface area contributed by atoms with E-state index >= 15 is 0 Å². The van der Waals surface area contributed by atoms with Gasteiger partial charge in [-0.05, 0) is 36.7 Å². The van der Waals surface area contributed by atoms with Gasteiger partial charge in [-0.2, -0.15) is 10.2 Å². The third kappa shape index (κ3) is 2.77. The van der Waals surface area contributed by atoms with E-state index in [-0.39, 0.29) is 11.9 Å². The fourth-order valence-electron chi connectivity index (χ4n) is 2.00. The highest BCUT2D eigenvalue weighted by Gasteiger charge is 2.19. The maximum Gasteiger partial charge on any atom is 0.273 e. The van der Waals surface area contributed by atoms with Crippen LogP contribution in [0.4, 0.5) is 0 Å². The number of amides is 1. The minimum atomic E-state index is -0.195. The first kappa shape index (κ1) is 14.8. The van der Waals surface area contributed by atoms with E-state index in [9.17, 15) is 4.79 Å². The van der Waals surface area contributed by atoms with Crippen molar-refractivity contribution in [2.75, 3.05) is 0 Å². The number of halogens is 1. The van der Waals surface area contributed by atoms with Gasteiger partial charge in [0.05, 0.1) is 16.7 Å². The lowest BCUT2D eigenvalue weighted by Gasteiger charge is -2.12. The summed E-state index contributed by atoms with van der Waals surface area (Å²) in [6.45, 7) is 6.62. The Morgan fingerprint density at radius 1 is 1.55 bits per heavy atom. The highest BCUT2D eigenvalue weighted by Crippen LogP contribution is 2.19. The first-order valence-corrected chi connectivity index (χ1v) is 7.25. The summed E-state index contributed by atoms with van der Waals surface area (Å²) >= 11 is 3.36. The number of aromatic nitrogens is 4. The fourth-order valence-corrected chi connectivity index (χ4v) is 2.49. The molecular weight excluding hydrogens is 322 g/mol. The van der Waals surface area contributed by atoms with Crippen molar-refractivity contribution in [3.63, 3.8) is 0 Å². The van der Waals surface area contributed by atoms with Gasteiger partial charge < -0.3 is 5.32 Å². The van der Waals surface area contributed by atoms with Crippen LogP contribution >= 0.6 is 15.9 Å². The fraction of sp³-hybridized carbons (Fsp3) is 0.462. The molecule has 0 bridgehead atoms. The van der Waals surface area contributed by atoms with Crippen LogP contribution in [0.3, 0.4) is 0 Å². The molecule has 0 aliphatic heterocycles.